The molecule has 168 valence electrons. The Morgan fingerprint density at radius 3 is 1.32 bits per heavy atom. The molecule has 0 saturated carbocycles. The summed E-state index contributed by atoms with van der Waals surface area (Å²) in [5.41, 5.74) is -13.3. The molecule has 4 nitrogen and oxygen atoms in total. The molecule has 2 fully saturated rings. The van der Waals surface area contributed by atoms with E-state index in [9.17, 15) is 69.5 Å². The van der Waals surface area contributed by atoms with Crippen LogP contribution in [0.25, 0.3) is 0 Å². The van der Waals surface area contributed by atoms with E-state index in [2.05, 4.69) is 0 Å². The highest BCUT2D eigenvalue weighted by Crippen LogP contribution is 2.55. The molecule has 28 heavy (non-hydrogen) atoms. The van der Waals surface area contributed by atoms with Gasteiger partial charge in [0.1, 0.15) is 19.1 Å². The topological polar surface area (TPSA) is 68.3 Å². The van der Waals surface area contributed by atoms with Crippen molar-refractivity contribution in [3.05, 3.63) is 0 Å². The van der Waals surface area contributed by atoms with E-state index >= 15 is 0 Å². The minimum atomic E-state index is -5.96. The van der Waals surface area contributed by atoms with Crippen LogP contribution in [0.2, 0.25) is 0 Å². The van der Waals surface area contributed by atoms with Gasteiger partial charge in [-0.15, -0.1) is 0 Å². The van der Waals surface area contributed by atoms with Crippen LogP contribution in [0, 0.1) is 0 Å². The zero-order valence-corrected chi connectivity index (χ0v) is 14.4. The molecule has 18 heteroatoms. The number of sulfone groups is 2. The number of alkyl halides is 12. The van der Waals surface area contributed by atoms with E-state index in [4.69, 9.17) is 0 Å². The molecule has 2 aliphatic heterocycles. The van der Waals surface area contributed by atoms with Crippen LogP contribution in [0.15, 0.2) is 0 Å². The summed E-state index contributed by atoms with van der Waals surface area (Å²) in [6.45, 7) is -5.37. The SMILES string of the molecule is O=S1(=O)C(F)C(F)C(F)(CF)C1(F)F.O=S1(=O)CC(F)(F)C(F)(CF)C1(F)F. The van der Waals surface area contributed by atoms with E-state index in [1.165, 1.54) is 0 Å². The van der Waals surface area contributed by atoms with Crippen molar-refractivity contribution in [1.82, 2.24) is 0 Å². The highest BCUT2D eigenvalue weighted by atomic mass is 32.2. The number of halogens is 12. The van der Waals surface area contributed by atoms with Gasteiger partial charge in [-0.3, -0.25) is 0 Å². The van der Waals surface area contributed by atoms with E-state index < -0.39 is 78.2 Å². The lowest BCUT2D eigenvalue weighted by molar-refractivity contribution is -0.193. The highest BCUT2D eigenvalue weighted by Gasteiger charge is 2.83. The summed E-state index contributed by atoms with van der Waals surface area (Å²) in [6, 6.07) is 0. The molecule has 2 heterocycles. The lowest BCUT2D eigenvalue weighted by Crippen LogP contribution is -2.54. The van der Waals surface area contributed by atoms with Gasteiger partial charge in [-0.2, -0.15) is 17.6 Å². The van der Waals surface area contributed by atoms with Gasteiger partial charge in [0.15, 0.2) is 6.17 Å². The van der Waals surface area contributed by atoms with Crippen LogP contribution < -0.4 is 0 Å². The zero-order chi connectivity index (χ0) is 22.8. The molecule has 0 spiro atoms. The average molecular weight is 484 g/mol. The quantitative estimate of drug-likeness (QED) is 0.566. The van der Waals surface area contributed by atoms with Crippen LogP contribution in [0.4, 0.5) is 52.7 Å². The van der Waals surface area contributed by atoms with Crippen molar-refractivity contribution in [3.8, 4) is 0 Å². The lowest BCUT2D eigenvalue weighted by Gasteiger charge is -2.26. The lowest BCUT2D eigenvalue weighted by atomic mass is 10.0. The van der Waals surface area contributed by atoms with Gasteiger partial charge in [-0.25, -0.2) is 52.0 Å². The third-order valence-electron chi connectivity index (χ3n) is 3.99. The molecule has 0 N–H and O–H groups in total. The van der Waals surface area contributed by atoms with Gasteiger partial charge in [0.05, 0.1) is 0 Å². The first-order valence-electron chi connectivity index (χ1n) is 6.51. The third-order valence-corrected chi connectivity index (χ3v) is 7.72. The molecule has 0 aromatic carbocycles. The third kappa shape index (κ3) is 2.79. The Hall–Kier alpha value is -0.940. The molecule has 0 aromatic heterocycles. The summed E-state index contributed by atoms with van der Waals surface area (Å²) in [5.74, 6) is -7.29. The first-order chi connectivity index (χ1) is 12.1. The van der Waals surface area contributed by atoms with E-state index in [1.54, 1.807) is 0 Å². The van der Waals surface area contributed by atoms with Gasteiger partial charge in [-0.1, -0.05) is 0 Å². The predicted octanol–water partition coefficient (Wildman–Crippen LogP) is 2.64. The molecule has 2 rings (SSSR count). The van der Waals surface area contributed by atoms with Crippen LogP contribution in [-0.2, 0) is 19.7 Å². The number of rotatable bonds is 2. The Kier molecular flexibility index (Phi) is 5.85. The van der Waals surface area contributed by atoms with Crippen LogP contribution in [0.3, 0.4) is 0 Å². The second-order valence-corrected chi connectivity index (χ2v) is 9.81. The van der Waals surface area contributed by atoms with Crippen molar-refractivity contribution in [2.45, 2.75) is 39.4 Å². The molecule has 2 aliphatic rings. The molecule has 4 atom stereocenters. The van der Waals surface area contributed by atoms with Crippen molar-refractivity contribution in [2.24, 2.45) is 0 Å². The van der Waals surface area contributed by atoms with Crippen LogP contribution in [0.5, 0.6) is 0 Å². The fraction of sp³-hybridized carbons (Fsp3) is 1.00. The van der Waals surface area contributed by atoms with Crippen molar-refractivity contribution >= 4 is 19.7 Å². The van der Waals surface area contributed by atoms with Crippen molar-refractivity contribution in [1.29, 1.82) is 0 Å². The van der Waals surface area contributed by atoms with Gasteiger partial charge in [0.25, 0.3) is 21.2 Å². The standard InChI is InChI=1S/2C5H4F6O2S/c6-1-4(9)2(7)3(8)14(12,13)5(4,10)11;6-1-3(7)4(8,9)2-14(12,13)5(3,10)11/h2-3H,1H2;1-2H2. The van der Waals surface area contributed by atoms with Crippen molar-refractivity contribution < 1.29 is 69.5 Å². The molecule has 0 aromatic rings. The minimum Gasteiger partial charge on any atom is -0.247 e. The fourth-order valence-electron chi connectivity index (χ4n) is 2.13. The van der Waals surface area contributed by atoms with Crippen molar-refractivity contribution in [3.63, 3.8) is 0 Å². The van der Waals surface area contributed by atoms with E-state index in [1.807, 2.05) is 0 Å². The maximum Gasteiger partial charge on any atom is 0.387 e. The zero-order valence-electron chi connectivity index (χ0n) is 12.8. The van der Waals surface area contributed by atoms with E-state index in [0.29, 0.717) is 0 Å². The molecule has 0 aliphatic carbocycles. The molecule has 0 bridgehead atoms. The normalized spacial score (nSPS) is 41.9. The van der Waals surface area contributed by atoms with Crippen LogP contribution >= 0.6 is 0 Å². The average Bonchev–Trinajstić information content (AvgIpc) is 2.71. The molecule has 0 radical (unpaired) electrons. The summed E-state index contributed by atoms with van der Waals surface area (Å²) in [7, 11) is -11.6. The minimum absolute atomic E-state index is 2.38. The first-order valence-corrected chi connectivity index (χ1v) is 9.71. The summed E-state index contributed by atoms with van der Waals surface area (Å²) in [6.07, 6.45) is -3.72. The highest BCUT2D eigenvalue weighted by molar-refractivity contribution is 7.93. The Bertz CT molecular complexity index is 825. The molecular formula is C10H8F12O4S2. The number of hydrogen-bond acceptors (Lipinski definition) is 4. The van der Waals surface area contributed by atoms with Gasteiger partial charge < -0.3 is 0 Å². The summed E-state index contributed by atoms with van der Waals surface area (Å²) >= 11 is 0. The molecule has 0 amide bonds. The van der Waals surface area contributed by atoms with Crippen LogP contribution in [-0.4, -0.2) is 75.4 Å². The second kappa shape index (κ2) is 6.53. The number of hydrogen-bond donors (Lipinski definition) is 0. The largest absolute Gasteiger partial charge is 0.387 e. The maximum absolute atomic E-state index is 12.8. The van der Waals surface area contributed by atoms with Gasteiger partial charge in [0.2, 0.25) is 15.3 Å². The maximum atomic E-state index is 12.8. The Morgan fingerprint density at radius 2 is 1.18 bits per heavy atom. The van der Waals surface area contributed by atoms with Crippen molar-refractivity contribution in [2.75, 3.05) is 19.1 Å². The smallest absolute Gasteiger partial charge is 0.247 e. The van der Waals surface area contributed by atoms with Gasteiger partial charge in [0, 0.05) is 0 Å². The molecular weight excluding hydrogens is 476 g/mol. The monoisotopic (exact) mass is 484 g/mol. The Labute approximate surface area is 148 Å². The van der Waals surface area contributed by atoms with Gasteiger partial charge in [-0.05, 0) is 0 Å². The molecule has 2 saturated heterocycles. The van der Waals surface area contributed by atoms with E-state index in [0.717, 1.165) is 0 Å². The van der Waals surface area contributed by atoms with E-state index in [-0.39, 0.29) is 0 Å². The molecule has 4 unspecified atom stereocenters. The fourth-order valence-corrected chi connectivity index (χ4v) is 5.17. The predicted molar refractivity (Wildman–Crippen MR) is 67.0 cm³/mol. The Balaban J connectivity index is 0.000000280. The second-order valence-electron chi connectivity index (χ2n) is 5.73. The first kappa shape index (κ1) is 25.1. The summed E-state index contributed by atoms with van der Waals surface area (Å²) in [4.78, 5) is 0. The summed E-state index contributed by atoms with van der Waals surface area (Å²) in [5, 5.41) is -10.8. The van der Waals surface area contributed by atoms with Gasteiger partial charge >= 0.3 is 16.4 Å². The van der Waals surface area contributed by atoms with Crippen LogP contribution in [0.1, 0.15) is 0 Å². The summed E-state index contributed by atoms with van der Waals surface area (Å²) < 4.78 is 191. The Morgan fingerprint density at radius 1 is 0.750 bits per heavy atom.